The monoisotopic (exact) mass is 254 g/mol. The highest BCUT2D eigenvalue weighted by atomic mass is 16.2. The summed E-state index contributed by atoms with van der Waals surface area (Å²) in [6, 6.07) is 9.29. The van der Waals surface area contributed by atoms with Crippen LogP contribution in [-0.4, -0.2) is 31.3 Å². The molecule has 7 heteroatoms. The fraction of sp³-hybridized carbons (Fsp3) is 0. The predicted molar refractivity (Wildman–Crippen MR) is 68.4 cm³/mol. The lowest BCUT2D eigenvalue weighted by molar-refractivity contribution is 0.101. The summed E-state index contributed by atoms with van der Waals surface area (Å²) in [6.45, 7) is 0. The molecule has 0 spiro atoms. The normalized spacial score (nSPS) is 10.3. The Kier molecular flexibility index (Phi) is 2.77. The molecule has 0 saturated carbocycles. The number of aromatic nitrogens is 5. The maximum atomic E-state index is 11.8. The molecule has 0 aliphatic heterocycles. The van der Waals surface area contributed by atoms with Crippen LogP contribution < -0.4 is 5.32 Å². The molecule has 3 N–H and O–H groups in total. The second-order valence-electron chi connectivity index (χ2n) is 3.84. The minimum Gasteiger partial charge on any atom is -0.319 e. The average molecular weight is 254 g/mol. The Hall–Kier alpha value is -2.96. The third-order valence-electron chi connectivity index (χ3n) is 2.56. The van der Waals surface area contributed by atoms with Crippen LogP contribution in [0.1, 0.15) is 10.6 Å². The van der Waals surface area contributed by atoms with Crippen molar-refractivity contribution >= 4 is 11.6 Å². The highest BCUT2D eigenvalue weighted by Gasteiger charge is 2.09. The fourth-order valence-electron chi connectivity index (χ4n) is 1.69. The lowest BCUT2D eigenvalue weighted by atomic mass is 10.1. The summed E-state index contributed by atoms with van der Waals surface area (Å²) < 4.78 is 0. The molecule has 3 aromatic rings. The summed E-state index contributed by atoms with van der Waals surface area (Å²) in [7, 11) is 0. The van der Waals surface area contributed by atoms with Crippen molar-refractivity contribution in [3.63, 3.8) is 0 Å². The molecule has 2 aromatic heterocycles. The van der Waals surface area contributed by atoms with Crippen LogP contribution in [0.5, 0.6) is 0 Å². The minimum absolute atomic E-state index is 0.173. The van der Waals surface area contributed by atoms with E-state index < -0.39 is 0 Å². The molecule has 0 radical (unpaired) electrons. The first-order valence-corrected chi connectivity index (χ1v) is 5.59. The lowest BCUT2D eigenvalue weighted by Crippen LogP contribution is -2.13. The first-order valence-electron chi connectivity index (χ1n) is 5.59. The van der Waals surface area contributed by atoms with Gasteiger partial charge in [0.25, 0.3) is 5.91 Å². The molecule has 0 fully saturated rings. The number of benzene rings is 1. The number of carbonyl (C=O) groups is 1. The minimum atomic E-state index is -0.334. The van der Waals surface area contributed by atoms with E-state index >= 15 is 0 Å². The number of nitrogens with one attached hydrogen (secondary N) is 3. The number of amides is 1. The average Bonchev–Trinajstić information content (AvgIpc) is 3.13. The molecule has 19 heavy (non-hydrogen) atoms. The Morgan fingerprint density at radius 1 is 1.16 bits per heavy atom. The van der Waals surface area contributed by atoms with Gasteiger partial charge in [0.05, 0.1) is 5.69 Å². The van der Waals surface area contributed by atoms with E-state index in [1.165, 1.54) is 6.33 Å². The van der Waals surface area contributed by atoms with Crippen LogP contribution in [0.15, 0.2) is 42.9 Å². The summed E-state index contributed by atoms with van der Waals surface area (Å²) in [6.07, 6.45) is 2.96. The summed E-state index contributed by atoms with van der Waals surface area (Å²) >= 11 is 0. The predicted octanol–water partition coefficient (Wildman–Crippen LogP) is 1.45. The number of hydrogen-bond acceptors (Lipinski definition) is 4. The molecule has 1 aromatic carbocycles. The Morgan fingerprint density at radius 2 is 2.11 bits per heavy atom. The number of H-pyrrole nitrogens is 2. The Morgan fingerprint density at radius 3 is 2.84 bits per heavy atom. The Labute approximate surface area is 108 Å². The van der Waals surface area contributed by atoms with Crippen molar-refractivity contribution in [3.8, 4) is 11.3 Å². The summed E-state index contributed by atoms with van der Waals surface area (Å²) in [4.78, 5) is 15.6. The summed E-state index contributed by atoms with van der Waals surface area (Å²) in [5, 5.41) is 15.6. The standard InChI is InChI=1S/C12H10N6O/c19-12(11-13-7-15-18-11)16-9-3-1-2-8(6-9)10-4-5-14-17-10/h1-7H,(H,14,17)(H,16,19)(H,13,15,18). The topological polar surface area (TPSA) is 99.3 Å². The van der Waals surface area contributed by atoms with Crippen molar-refractivity contribution in [2.75, 3.05) is 5.32 Å². The molecule has 94 valence electrons. The molecule has 0 bridgehead atoms. The molecule has 0 aliphatic carbocycles. The second-order valence-corrected chi connectivity index (χ2v) is 3.84. The quantitative estimate of drug-likeness (QED) is 0.658. The van der Waals surface area contributed by atoms with E-state index in [9.17, 15) is 4.79 Å². The highest BCUT2D eigenvalue weighted by molar-refractivity contribution is 6.01. The molecule has 0 unspecified atom stereocenters. The van der Waals surface area contributed by atoms with E-state index in [1.54, 1.807) is 12.3 Å². The zero-order valence-corrected chi connectivity index (χ0v) is 9.79. The van der Waals surface area contributed by atoms with Crippen molar-refractivity contribution in [1.29, 1.82) is 0 Å². The third-order valence-corrected chi connectivity index (χ3v) is 2.56. The Balaban J connectivity index is 1.82. The van der Waals surface area contributed by atoms with Crippen molar-refractivity contribution in [2.45, 2.75) is 0 Å². The van der Waals surface area contributed by atoms with Crippen LogP contribution >= 0.6 is 0 Å². The fourth-order valence-corrected chi connectivity index (χ4v) is 1.69. The molecule has 3 rings (SSSR count). The first-order chi connectivity index (χ1) is 9.33. The van der Waals surface area contributed by atoms with Gasteiger partial charge < -0.3 is 5.32 Å². The van der Waals surface area contributed by atoms with E-state index in [1.807, 2.05) is 24.3 Å². The van der Waals surface area contributed by atoms with E-state index in [4.69, 9.17) is 0 Å². The molecular formula is C12H10N6O. The van der Waals surface area contributed by atoms with Crippen molar-refractivity contribution in [1.82, 2.24) is 25.4 Å². The number of hydrogen-bond donors (Lipinski definition) is 3. The number of rotatable bonds is 3. The van der Waals surface area contributed by atoms with Gasteiger partial charge in [-0.25, -0.2) is 4.98 Å². The molecule has 0 aliphatic rings. The van der Waals surface area contributed by atoms with Crippen LogP contribution in [0, 0.1) is 0 Å². The highest BCUT2D eigenvalue weighted by Crippen LogP contribution is 2.20. The van der Waals surface area contributed by atoms with Crippen LogP contribution in [-0.2, 0) is 0 Å². The van der Waals surface area contributed by atoms with Gasteiger partial charge in [-0.2, -0.15) is 10.2 Å². The van der Waals surface area contributed by atoms with Crippen molar-refractivity contribution in [3.05, 3.63) is 48.7 Å². The number of aromatic amines is 2. The van der Waals surface area contributed by atoms with Gasteiger partial charge in [-0.1, -0.05) is 12.1 Å². The van der Waals surface area contributed by atoms with Crippen LogP contribution in [0.25, 0.3) is 11.3 Å². The molecular weight excluding hydrogens is 244 g/mol. The van der Waals surface area contributed by atoms with Crippen molar-refractivity contribution < 1.29 is 4.79 Å². The Bertz CT molecular complexity index is 674. The van der Waals surface area contributed by atoms with E-state index in [-0.39, 0.29) is 11.7 Å². The third kappa shape index (κ3) is 2.34. The lowest BCUT2D eigenvalue weighted by Gasteiger charge is -2.04. The van der Waals surface area contributed by atoms with Gasteiger partial charge in [0.2, 0.25) is 5.82 Å². The molecule has 7 nitrogen and oxygen atoms in total. The maximum Gasteiger partial charge on any atom is 0.292 e. The van der Waals surface area contributed by atoms with Gasteiger partial charge in [0.1, 0.15) is 6.33 Å². The maximum absolute atomic E-state index is 11.8. The number of nitrogens with zero attached hydrogens (tertiary/aromatic N) is 3. The van der Waals surface area contributed by atoms with Gasteiger partial charge >= 0.3 is 0 Å². The summed E-state index contributed by atoms with van der Waals surface area (Å²) in [5.74, 6) is -0.161. The van der Waals surface area contributed by atoms with E-state index in [0.29, 0.717) is 5.69 Å². The number of anilines is 1. The van der Waals surface area contributed by atoms with Crippen LogP contribution in [0.2, 0.25) is 0 Å². The van der Waals surface area contributed by atoms with Gasteiger partial charge in [0.15, 0.2) is 0 Å². The van der Waals surface area contributed by atoms with Gasteiger partial charge in [-0.15, -0.1) is 0 Å². The molecule has 0 saturated heterocycles. The first kappa shape index (κ1) is 11.1. The van der Waals surface area contributed by atoms with E-state index in [2.05, 4.69) is 30.7 Å². The largest absolute Gasteiger partial charge is 0.319 e. The zero-order chi connectivity index (χ0) is 13.1. The van der Waals surface area contributed by atoms with Gasteiger partial charge in [-0.05, 0) is 18.2 Å². The van der Waals surface area contributed by atoms with Crippen LogP contribution in [0.4, 0.5) is 5.69 Å². The zero-order valence-electron chi connectivity index (χ0n) is 9.79. The molecule has 0 atom stereocenters. The van der Waals surface area contributed by atoms with Gasteiger partial charge in [-0.3, -0.25) is 15.0 Å². The second kappa shape index (κ2) is 4.73. The number of carbonyl (C=O) groups excluding carboxylic acids is 1. The molecule has 2 heterocycles. The smallest absolute Gasteiger partial charge is 0.292 e. The van der Waals surface area contributed by atoms with Crippen molar-refractivity contribution in [2.24, 2.45) is 0 Å². The van der Waals surface area contributed by atoms with Gasteiger partial charge in [0, 0.05) is 17.4 Å². The van der Waals surface area contributed by atoms with E-state index in [0.717, 1.165) is 11.3 Å². The van der Waals surface area contributed by atoms with Crippen LogP contribution in [0.3, 0.4) is 0 Å². The molecule has 1 amide bonds. The SMILES string of the molecule is O=C(Nc1cccc(-c2ccn[nH]2)c1)c1ncn[nH]1. The summed E-state index contributed by atoms with van der Waals surface area (Å²) in [5.41, 5.74) is 2.50.